The summed E-state index contributed by atoms with van der Waals surface area (Å²) in [7, 11) is 0. The minimum Gasteiger partial charge on any atom is -0.462 e. The highest BCUT2D eigenvalue weighted by atomic mass is 32.1. The van der Waals surface area contributed by atoms with Crippen molar-refractivity contribution in [2.24, 2.45) is 0 Å². The first-order valence-electron chi connectivity index (χ1n) is 7.37. The summed E-state index contributed by atoms with van der Waals surface area (Å²) >= 11 is 1.15. The van der Waals surface area contributed by atoms with Crippen molar-refractivity contribution in [3.8, 4) is 11.4 Å². The van der Waals surface area contributed by atoms with Gasteiger partial charge in [0.2, 0.25) is 0 Å². The van der Waals surface area contributed by atoms with Crippen LogP contribution in [0.3, 0.4) is 0 Å². The highest BCUT2D eigenvalue weighted by molar-refractivity contribution is 7.15. The van der Waals surface area contributed by atoms with E-state index in [4.69, 9.17) is 4.74 Å². The van der Waals surface area contributed by atoms with Crippen molar-refractivity contribution in [3.63, 3.8) is 0 Å². The summed E-state index contributed by atoms with van der Waals surface area (Å²) in [5, 5.41) is 11.1. The van der Waals surface area contributed by atoms with Crippen molar-refractivity contribution >= 4 is 33.9 Å². The van der Waals surface area contributed by atoms with Gasteiger partial charge in [-0.2, -0.15) is 0 Å². The molecule has 1 N–H and O–H groups in total. The van der Waals surface area contributed by atoms with Gasteiger partial charge >= 0.3 is 5.97 Å². The Labute approximate surface area is 145 Å². The Bertz CT molecular complexity index is 1040. The topological polar surface area (TPSA) is 115 Å². The Morgan fingerprint density at radius 1 is 1.36 bits per heavy atom. The molecule has 2 aromatic heterocycles. The SMILES string of the molecule is CCOC(=O)c1sc(C)c2c(=O)[nH]c(-c3ccc([N+](=O)[O-])cc3)nc12. The molecule has 0 radical (unpaired) electrons. The lowest BCUT2D eigenvalue weighted by Crippen LogP contribution is -2.11. The number of benzene rings is 1. The maximum atomic E-state index is 12.4. The number of H-pyrrole nitrogens is 1. The second-order valence-electron chi connectivity index (χ2n) is 5.15. The molecule has 0 fully saturated rings. The maximum Gasteiger partial charge on any atom is 0.350 e. The molecule has 9 heteroatoms. The number of nitrogens with one attached hydrogen (secondary N) is 1. The van der Waals surface area contributed by atoms with Crippen LogP contribution in [0.2, 0.25) is 0 Å². The number of ether oxygens (including phenoxy) is 1. The molecule has 0 bridgehead atoms. The number of fused-ring (bicyclic) bond motifs is 1. The van der Waals surface area contributed by atoms with Crippen molar-refractivity contribution in [3.05, 3.63) is 54.5 Å². The number of aromatic nitrogens is 2. The van der Waals surface area contributed by atoms with Crippen LogP contribution >= 0.6 is 11.3 Å². The van der Waals surface area contributed by atoms with Crippen LogP contribution in [-0.2, 0) is 4.74 Å². The lowest BCUT2D eigenvalue weighted by atomic mass is 10.2. The van der Waals surface area contributed by atoms with Crippen LogP contribution < -0.4 is 5.56 Å². The van der Waals surface area contributed by atoms with Gasteiger partial charge < -0.3 is 9.72 Å². The summed E-state index contributed by atoms with van der Waals surface area (Å²) < 4.78 is 5.02. The van der Waals surface area contributed by atoms with Gasteiger partial charge in [-0.3, -0.25) is 14.9 Å². The van der Waals surface area contributed by atoms with Crippen molar-refractivity contribution < 1.29 is 14.5 Å². The number of non-ortho nitro benzene ring substituents is 1. The second-order valence-corrected chi connectivity index (χ2v) is 6.37. The summed E-state index contributed by atoms with van der Waals surface area (Å²) in [6.07, 6.45) is 0. The Morgan fingerprint density at radius 2 is 2.04 bits per heavy atom. The molecule has 2 heterocycles. The third-order valence-corrected chi connectivity index (χ3v) is 4.63. The molecule has 0 saturated carbocycles. The molecular weight excluding hydrogens is 346 g/mol. The lowest BCUT2D eigenvalue weighted by molar-refractivity contribution is -0.384. The maximum absolute atomic E-state index is 12.4. The van der Waals surface area contributed by atoms with Crippen LogP contribution in [0.15, 0.2) is 29.1 Å². The molecule has 3 rings (SSSR count). The average Bonchev–Trinajstić information content (AvgIpc) is 2.92. The zero-order valence-electron chi connectivity index (χ0n) is 13.4. The summed E-state index contributed by atoms with van der Waals surface area (Å²) in [6.45, 7) is 3.65. The van der Waals surface area contributed by atoms with Crippen LogP contribution in [0.1, 0.15) is 21.5 Å². The number of esters is 1. The molecule has 0 aliphatic rings. The first-order chi connectivity index (χ1) is 11.9. The minimum absolute atomic E-state index is 0.0641. The van der Waals surface area contributed by atoms with E-state index in [2.05, 4.69) is 9.97 Å². The highest BCUT2D eigenvalue weighted by Crippen LogP contribution is 2.29. The van der Waals surface area contributed by atoms with Gasteiger partial charge in [0.15, 0.2) is 0 Å². The number of nitrogens with zero attached hydrogens (tertiary/aromatic N) is 2. The zero-order valence-corrected chi connectivity index (χ0v) is 14.2. The average molecular weight is 359 g/mol. The Hall–Kier alpha value is -3.07. The lowest BCUT2D eigenvalue weighted by Gasteiger charge is -2.03. The molecule has 1 aromatic carbocycles. The van der Waals surface area contributed by atoms with Gasteiger partial charge in [0.1, 0.15) is 16.2 Å². The van der Waals surface area contributed by atoms with Crippen molar-refractivity contribution in [1.29, 1.82) is 0 Å². The van der Waals surface area contributed by atoms with E-state index in [1.165, 1.54) is 24.3 Å². The molecule has 0 aliphatic heterocycles. The number of aromatic amines is 1. The van der Waals surface area contributed by atoms with Crippen LogP contribution in [0.5, 0.6) is 0 Å². The molecule has 0 atom stereocenters. The first kappa shape index (κ1) is 16.8. The number of thiophene rings is 1. The van der Waals surface area contributed by atoms with Gasteiger partial charge in [0.05, 0.1) is 16.9 Å². The Kier molecular flexibility index (Phi) is 4.32. The number of nitro benzene ring substituents is 1. The molecule has 0 unspecified atom stereocenters. The van der Waals surface area contributed by atoms with Gasteiger partial charge in [0, 0.05) is 22.6 Å². The zero-order chi connectivity index (χ0) is 18.1. The molecular formula is C16H13N3O5S. The monoisotopic (exact) mass is 359 g/mol. The van der Waals surface area contributed by atoms with Crippen LogP contribution in [0, 0.1) is 17.0 Å². The molecule has 8 nitrogen and oxygen atoms in total. The molecule has 0 spiro atoms. The fourth-order valence-electron chi connectivity index (χ4n) is 2.43. The van der Waals surface area contributed by atoms with Crippen molar-refractivity contribution in [2.75, 3.05) is 6.61 Å². The molecule has 0 amide bonds. The Balaban J connectivity index is 2.17. The third-order valence-electron chi connectivity index (χ3n) is 3.55. The van der Waals surface area contributed by atoms with E-state index < -0.39 is 10.9 Å². The highest BCUT2D eigenvalue weighted by Gasteiger charge is 2.21. The molecule has 128 valence electrons. The fourth-order valence-corrected chi connectivity index (χ4v) is 3.41. The van der Waals surface area contributed by atoms with Gasteiger partial charge in [-0.05, 0) is 26.0 Å². The van der Waals surface area contributed by atoms with Crippen LogP contribution in [-0.4, -0.2) is 27.5 Å². The molecule has 0 saturated heterocycles. The first-order valence-corrected chi connectivity index (χ1v) is 8.19. The number of rotatable bonds is 4. The number of carbonyl (C=O) groups excluding carboxylic acids is 1. The van der Waals surface area contributed by atoms with E-state index in [0.717, 1.165) is 11.3 Å². The van der Waals surface area contributed by atoms with Gasteiger partial charge in [0.25, 0.3) is 11.2 Å². The molecule has 0 aliphatic carbocycles. The Morgan fingerprint density at radius 3 is 2.64 bits per heavy atom. The van der Waals surface area contributed by atoms with E-state index >= 15 is 0 Å². The number of aryl methyl sites for hydroxylation is 1. The predicted molar refractivity (Wildman–Crippen MR) is 93.0 cm³/mol. The van der Waals surface area contributed by atoms with E-state index in [1.54, 1.807) is 13.8 Å². The summed E-state index contributed by atoms with van der Waals surface area (Å²) in [6, 6.07) is 5.63. The summed E-state index contributed by atoms with van der Waals surface area (Å²) in [5.41, 5.74) is 0.342. The van der Waals surface area contributed by atoms with E-state index in [0.29, 0.717) is 15.8 Å². The quantitative estimate of drug-likeness (QED) is 0.435. The van der Waals surface area contributed by atoms with Gasteiger partial charge in [-0.15, -0.1) is 11.3 Å². The number of hydrogen-bond donors (Lipinski definition) is 1. The van der Waals surface area contributed by atoms with Gasteiger partial charge in [-0.1, -0.05) is 0 Å². The largest absolute Gasteiger partial charge is 0.462 e. The number of nitro groups is 1. The van der Waals surface area contributed by atoms with Crippen LogP contribution in [0.25, 0.3) is 22.3 Å². The minimum atomic E-state index is -0.529. The standard InChI is InChI=1S/C16H13N3O5S/c1-3-24-16(21)13-12-11(8(2)25-13)15(20)18-14(17-12)9-4-6-10(7-5-9)19(22)23/h4-7H,3H2,1-2H3,(H,17,18,20). The van der Waals surface area contributed by atoms with Crippen molar-refractivity contribution in [2.45, 2.75) is 13.8 Å². The normalized spacial score (nSPS) is 10.8. The second kappa shape index (κ2) is 6.44. The molecule has 3 aromatic rings. The predicted octanol–water partition coefficient (Wildman–Crippen LogP) is 3.04. The third kappa shape index (κ3) is 3.01. The van der Waals surface area contributed by atoms with E-state index in [1.807, 2.05) is 0 Å². The summed E-state index contributed by atoms with van der Waals surface area (Å²) in [5.74, 6) is -0.297. The molecule has 25 heavy (non-hydrogen) atoms. The number of hydrogen-bond acceptors (Lipinski definition) is 7. The number of carbonyl (C=O) groups is 1. The van der Waals surface area contributed by atoms with Gasteiger partial charge in [-0.25, -0.2) is 9.78 Å². The van der Waals surface area contributed by atoms with Crippen molar-refractivity contribution in [1.82, 2.24) is 9.97 Å². The fraction of sp³-hybridized carbons (Fsp3) is 0.188. The summed E-state index contributed by atoms with van der Waals surface area (Å²) in [4.78, 5) is 42.7. The van der Waals surface area contributed by atoms with Crippen LogP contribution in [0.4, 0.5) is 5.69 Å². The van der Waals surface area contributed by atoms with E-state index in [-0.39, 0.29) is 34.1 Å². The van der Waals surface area contributed by atoms with E-state index in [9.17, 15) is 19.7 Å². The smallest absolute Gasteiger partial charge is 0.350 e.